The summed E-state index contributed by atoms with van der Waals surface area (Å²) in [5.41, 5.74) is 4.84. The standard InChI is InChI=1S/C37H56N4O/c1-30-17-19-34(20-18-30)42-29-36-38-37-32(3)13-11-16-35(37)41(36)25-10-5-4-7-14-33-15-12-24-40(28-33)26-21-31(2)27-39-22-8-6-9-23-39/h11,13,16-20,31,33H,4-10,12,14-15,21-29H2,1-3H3. The molecule has 0 spiro atoms. The van der Waals surface area contributed by atoms with Crippen LogP contribution >= 0.6 is 0 Å². The second-order valence-electron chi connectivity index (χ2n) is 13.5. The molecule has 0 amide bonds. The van der Waals surface area contributed by atoms with Crippen molar-refractivity contribution in [1.29, 1.82) is 0 Å². The third kappa shape index (κ3) is 9.07. The van der Waals surface area contributed by atoms with Gasteiger partial charge in [-0.1, -0.05) is 62.4 Å². The number of hydrogen-bond donors (Lipinski definition) is 0. The molecule has 2 aliphatic rings. The number of aryl methyl sites for hydroxylation is 3. The van der Waals surface area contributed by atoms with Gasteiger partial charge in [-0.15, -0.1) is 0 Å². The van der Waals surface area contributed by atoms with Gasteiger partial charge < -0.3 is 19.1 Å². The molecular weight excluding hydrogens is 516 g/mol. The number of unbranched alkanes of at least 4 members (excludes halogenated alkanes) is 3. The highest BCUT2D eigenvalue weighted by Crippen LogP contribution is 2.25. The van der Waals surface area contributed by atoms with Gasteiger partial charge in [-0.25, -0.2) is 4.98 Å². The summed E-state index contributed by atoms with van der Waals surface area (Å²) in [4.78, 5) is 10.5. The van der Waals surface area contributed by atoms with Gasteiger partial charge in [-0.3, -0.25) is 0 Å². The van der Waals surface area contributed by atoms with E-state index in [9.17, 15) is 0 Å². The third-order valence-electron chi connectivity index (χ3n) is 9.75. The lowest BCUT2D eigenvalue weighted by molar-refractivity contribution is 0.145. The first-order chi connectivity index (χ1) is 20.5. The van der Waals surface area contributed by atoms with Crippen molar-refractivity contribution in [3.8, 4) is 5.75 Å². The highest BCUT2D eigenvalue weighted by Gasteiger charge is 2.21. The molecule has 2 unspecified atom stereocenters. The molecule has 2 aliphatic heterocycles. The van der Waals surface area contributed by atoms with Crippen LogP contribution in [0.2, 0.25) is 0 Å². The molecule has 0 N–H and O–H groups in total. The van der Waals surface area contributed by atoms with E-state index >= 15 is 0 Å². The number of likely N-dealkylation sites (tertiary alicyclic amines) is 2. The van der Waals surface area contributed by atoms with Crippen molar-refractivity contribution in [2.75, 3.05) is 39.3 Å². The summed E-state index contributed by atoms with van der Waals surface area (Å²) in [5.74, 6) is 3.67. The topological polar surface area (TPSA) is 33.5 Å². The van der Waals surface area contributed by atoms with Gasteiger partial charge in [-0.05, 0) is 121 Å². The Morgan fingerprint density at radius 1 is 0.857 bits per heavy atom. The predicted molar refractivity (Wildman–Crippen MR) is 176 cm³/mol. The second kappa shape index (κ2) is 15.9. The molecular formula is C37H56N4O. The van der Waals surface area contributed by atoms with E-state index in [0.717, 1.165) is 35.5 Å². The number of imidazole rings is 1. The minimum Gasteiger partial charge on any atom is -0.486 e. The molecule has 5 rings (SSSR count). The van der Waals surface area contributed by atoms with Gasteiger partial charge in [0.25, 0.3) is 0 Å². The largest absolute Gasteiger partial charge is 0.486 e. The van der Waals surface area contributed by atoms with Gasteiger partial charge in [0.2, 0.25) is 0 Å². The van der Waals surface area contributed by atoms with Crippen molar-refractivity contribution >= 4 is 11.0 Å². The Balaban J connectivity index is 1.02. The van der Waals surface area contributed by atoms with Gasteiger partial charge in [0.15, 0.2) is 0 Å². The SMILES string of the molecule is Cc1ccc(OCc2nc3c(C)cccc3n2CCCCCCC2CCCN(CCC(C)CN3CCCCC3)C2)cc1. The highest BCUT2D eigenvalue weighted by molar-refractivity contribution is 5.79. The molecule has 3 aromatic rings. The third-order valence-corrected chi connectivity index (χ3v) is 9.75. The molecule has 0 aliphatic carbocycles. The van der Waals surface area contributed by atoms with Crippen molar-refractivity contribution in [1.82, 2.24) is 19.4 Å². The van der Waals surface area contributed by atoms with Crippen LogP contribution in [0.15, 0.2) is 42.5 Å². The molecule has 1 aromatic heterocycles. The van der Waals surface area contributed by atoms with Crippen LogP contribution < -0.4 is 4.74 Å². The highest BCUT2D eigenvalue weighted by atomic mass is 16.5. The van der Waals surface area contributed by atoms with Crippen LogP contribution in [-0.4, -0.2) is 58.6 Å². The van der Waals surface area contributed by atoms with Crippen LogP contribution in [0, 0.1) is 25.7 Å². The first-order valence-electron chi connectivity index (χ1n) is 17.1. The molecule has 3 heterocycles. The summed E-state index contributed by atoms with van der Waals surface area (Å²) in [7, 11) is 0. The second-order valence-corrected chi connectivity index (χ2v) is 13.5. The summed E-state index contributed by atoms with van der Waals surface area (Å²) in [6, 6.07) is 14.8. The molecule has 2 saturated heterocycles. The Morgan fingerprint density at radius 2 is 1.64 bits per heavy atom. The number of piperidine rings is 2. The van der Waals surface area contributed by atoms with E-state index in [-0.39, 0.29) is 0 Å². The molecule has 230 valence electrons. The molecule has 42 heavy (non-hydrogen) atoms. The Labute approximate surface area is 255 Å². The minimum absolute atomic E-state index is 0.506. The number of fused-ring (bicyclic) bond motifs is 1. The summed E-state index contributed by atoms with van der Waals surface area (Å²) >= 11 is 0. The molecule has 0 radical (unpaired) electrons. The average molecular weight is 573 g/mol. The fraction of sp³-hybridized carbons (Fsp3) is 0.649. The van der Waals surface area contributed by atoms with E-state index in [2.05, 4.69) is 77.6 Å². The van der Waals surface area contributed by atoms with Gasteiger partial charge in [-0.2, -0.15) is 0 Å². The summed E-state index contributed by atoms with van der Waals surface area (Å²) in [6.07, 6.45) is 15.0. The van der Waals surface area contributed by atoms with Crippen molar-refractivity contribution in [3.63, 3.8) is 0 Å². The lowest BCUT2D eigenvalue weighted by Crippen LogP contribution is -2.38. The molecule has 2 fully saturated rings. The molecule has 2 aromatic carbocycles. The normalized spacial score (nSPS) is 19.4. The van der Waals surface area contributed by atoms with Crippen LogP contribution in [0.5, 0.6) is 5.75 Å². The zero-order valence-corrected chi connectivity index (χ0v) is 26.8. The summed E-state index contributed by atoms with van der Waals surface area (Å²) < 4.78 is 8.56. The van der Waals surface area contributed by atoms with E-state index in [1.54, 1.807) is 0 Å². The zero-order valence-electron chi connectivity index (χ0n) is 26.8. The van der Waals surface area contributed by atoms with Crippen molar-refractivity contribution in [2.45, 2.75) is 105 Å². The van der Waals surface area contributed by atoms with E-state index in [4.69, 9.17) is 9.72 Å². The van der Waals surface area contributed by atoms with E-state index in [1.807, 2.05) is 0 Å². The van der Waals surface area contributed by atoms with Gasteiger partial charge in [0.1, 0.15) is 18.2 Å². The Morgan fingerprint density at radius 3 is 2.48 bits per heavy atom. The van der Waals surface area contributed by atoms with Crippen LogP contribution in [0.25, 0.3) is 11.0 Å². The van der Waals surface area contributed by atoms with Crippen LogP contribution in [0.4, 0.5) is 0 Å². The fourth-order valence-electron chi connectivity index (χ4n) is 7.20. The number of hydrogen-bond acceptors (Lipinski definition) is 4. The Hall–Kier alpha value is -2.37. The van der Waals surface area contributed by atoms with Gasteiger partial charge >= 0.3 is 0 Å². The number of ether oxygens (including phenoxy) is 1. The number of aromatic nitrogens is 2. The van der Waals surface area contributed by atoms with Gasteiger partial charge in [0.05, 0.1) is 11.0 Å². The number of nitrogens with zero attached hydrogens (tertiary/aromatic N) is 4. The quantitative estimate of drug-likeness (QED) is 0.171. The van der Waals surface area contributed by atoms with Crippen LogP contribution in [0.1, 0.15) is 94.5 Å². The molecule has 5 nitrogen and oxygen atoms in total. The Bertz CT molecular complexity index is 1210. The van der Waals surface area contributed by atoms with Crippen molar-refractivity contribution < 1.29 is 4.74 Å². The predicted octanol–water partition coefficient (Wildman–Crippen LogP) is 8.41. The maximum Gasteiger partial charge on any atom is 0.148 e. The monoisotopic (exact) mass is 572 g/mol. The molecule has 0 bridgehead atoms. The lowest BCUT2D eigenvalue weighted by Gasteiger charge is -2.34. The average Bonchev–Trinajstić information content (AvgIpc) is 3.37. The first-order valence-corrected chi connectivity index (χ1v) is 17.1. The minimum atomic E-state index is 0.506. The number of rotatable bonds is 15. The first kappa shape index (κ1) is 31.1. The molecule has 2 atom stereocenters. The molecule has 0 saturated carbocycles. The molecule has 5 heteroatoms. The summed E-state index contributed by atoms with van der Waals surface area (Å²) in [6.45, 7) is 16.2. The number of benzene rings is 2. The summed E-state index contributed by atoms with van der Waals surface area (Å²) in [5, 5.41) is 0. The maximum absolute atomic E-state index is 6.15. The zero-order chi connectivity index (χ0) is 29.1. The smallest absolute Gasteiger partial charge is 0.148 e. The maximum atomic E-state index is 6.15. The van der Waals surface area contributed by atoms with E-state index in [1.165, 1.54) is 127 Å². The van der Waals surface area contributed by atoms with E-state index in [0.29, 0.717) is 6.61 Å². The van der Waals surface area contributed by atoms with Crippen LogP contribution in [0.3, 0.4) is 0 Å². The van der Waals surface area contributed by atoms with E-state index < -0.39 is 0 Å². The lowest BCUT2D eigenvalue weighted by atomic mass is 9.92. The van der Waals surface area contributed by atoms with Crippen molar-refractivity contribution in [3.05, 3.63) is 59.4 Å². The number of para-hydroxylation sites is 1. The van der Waals surface area contributed by atoms with Gasteiger partial charge in [0, 0.05) is 19.6 Å². The van der Waals surface area contributed by atoms with Crippen LogP contribution in [-0.2, 0) is 13.2 Å². The fourth-order valence-corrected chi connectivity index (χ4v) is 7.20. The Kier molecular flexibility index (Phi) is 11.8. The van der Waals surface area contributed by atoms with Crippen molar-refractivity contribution in [2.24, 2.45) is 11.8 Å².